The van der Waals surface area contributed by atoms with Crippen LogP contribution in [-0.2, 0) is 11.3 Å². The third-order valence-corrected chi connectivity index (χ3v) is 3.97. The molecule has 10 heteroatoms. The number of β-amino-alcohol motifs (C(OH)–C–C–N with tert-alkyl or cyclic N) is 1. The summed E-state index contributed by atoms with van der Waals surface area (Å²) in [6.45, 7) is 7.96. The second-order valence-corrected chi connectivity index (χ2v) is 6.35. The number of H-pyrrole nitrogens is 1. The highest BCUT2D eigenvalue weighted by molar-refractivity contribution is 6.40. The molecule has 0 radical (unpaired) electrons. The van der Waals surface area contributed by atoms with Gasteiger partial charge in [-0.3, -0.25) is 0 Å². The van der Waals surface area contributed by atoms with Gasteiger partial charge in [0, 0.05) is 6.54 Å². The Labute approximate surface area is 181 Å². The van der Waals surface area contributed by atoms with E-state index in [4.69, 9.17) is 33.4 Å². The molecule has 1 aromatic heterocycles. The molecule has 1 aromatic carbocycles. The predicted octanol–water partition coefficient (Wildman–Crippen LogP) is 3.64. The number of halogens is 2. The molecule has 29 heavy (non-hydrogen) atoms. The molecule has 2 heterocycles. The number of methoxy groups -OCH3 is 1. The molecule has 1 fully saturated rings. The van der Waals surface area contributed by atoms with E-state index in [1.165, 1.54) is 12.7 Å². The summed E-state index contributed by atoms with van der Waals surface area (Å²) in [6, 6.07) is 7.09. The van der Waals surface area contributed by atoms with E-state index in [0.29, 0.717) is 11.6 Å². The number of nitrogens with zero attached hydrogens (tertiary/aromatic N) is 1. The first kappa shape index (κ1) is 27.0. The molecule has 164 valence electrons. The molecule has 0 bridgehead atoms. The lowest BCUT2D eigenvalue weighted by atomic mass is 10.2. The average Bonchev–Trinajstić information content (AvgIpc) is 3.33. The molecule has 1 unspecified atom stereocenters. The van der Waals surface area contributed by atoms with Gasteiger partial charge < -0.3 is 30.6 Å². The normalized spacial score (nSPS) is 14.2. The van der Waals surface area contributed by atoms with Crippen LogP contribution in [0, 0.1) is 6.92 Å². The van der Waals surface area contributed by atoms with E-state index in [9.17, 15) is 4.79 Å². The number of aromatic nitrogens is 2. The number of amides is 1. The molecule has 5 N–H and O–H groups in total. The molecule has 0 saturated carbocycles. The van der Waals surface area contributed by atoms with Crippen LogP contribution >= 0.6 is 23.2 Å². The molecular formula is C19H30Cl2N4O4. The van der Waals surface area contributed by atoms with Gasteiger partial charge in [-0.25, -0.2) is 9.78 Å². The van der Waals surface area contributed by atoms with Crippen molar-refractivity contribution in [2.75, 3.05) is 20.2 Å². The maximum Gasteiger partial charge on any atom is 0.407 e. The minimum Gasteiger partial charge on any atom is -0.508 e. The van der Waals surface area contributed by atoms with Crippen LogP contribution in [0.4, 0.5) is 4.79 Å². The fourth-order valence-electron chi connectivity index (χ4n) is 1.87. The van der Waals surface area contributed by atoms with Crippen LogP contribution in [0.2, 0.25) is 10.3 Å². The molecule has 0 spiro atoms. The van der Waals surface area contributed by atoms with Crippen molar-refractivity contribution in [1.29, 1.82) is 0 Å². The largest absolute Gasteiger partial charge is 0.508 e. The van der Waals surface area contributed by atoms with E-state index in [1.807, 2.05) is 32.9 Å². The molecule has 8 nitrogen and oxygen atoms in total. The minimum absolute atomic E-state index is 0.0648. The summed E-state index contributed by atoms with van der Waals surface area (Å²) >= 11 is 11.1. The third-order valence-electron chi connectivity index (χ3n) is 3.32. The van der Waals surface area contributed by atoms with Crippen molar-refractivity contribution < 1.29 is 19.7 Å². The maximum absolute atomic E-state index is 10.6. The molecule has 1 aliphatic rings. The summed E-state index contributed by atoms with van der Waals surface area (Å²) in [6.07, 6.45) is 0.327. The van der Waals surface area contributed by atoms with E-state index < -0.39 is 6.09 Å². The topological polar surface area (TPSA) is 120 Å². The number of aromatic hydroxyl groups is 1. The first-order valence-electron chi connectivity index (χ1n) is 9.18. The lowest BCUT2D eigenvalue weighted by Gasteiger charge is -1.99. The Balaban J connectivity index is 0.000000418. The summed E-state index contributed by atoms with van der Waals surface area (Å²) in [4.78, 5) is 17.1. The Bertz CT molecular complexity index is 650. The van der Waals surface area contributed by atoms with Gasteiger partial charge in [0.1, 0.15) is 16.7 Å². The Morgan fingerprint density at radius 2 is 1.93 bits per heavy atom. The van der Waals surface area contributed by atoms with Crippen LogP contribution in [0.1, 0.15) is 31.7 Å². The Morgan fingerprint density at radius 3 is 2.28 bits per heavy atom. The molecule has 2 aromatic rings. The molecule has 3 rings (SSSR count). The molecule has 1 amide bonds. The first-order valence-corrected chi connectivity index (χ1v) is 9.93. The number of aryl methyl sites for hydroxylation is 1. The third kappa shape index (κ3) is 13.0. The lowest BCUT2D eigenvalue weighted by Crippen LogP contribution is -2.22. The van der Waals surface area contributed by atoms with Crippen LogP contribution in [-0.4, -0.2) is 52.6 Å². The molecular weight excluding hydrogens is 419 g/mol. The van der Waals surface area contributed by atoms with Gasteiger partial charge in [-0.2, -0.15) is 0 Å². The molecule has 1 aliphatic heterocycles. The predicted molar refractivity (Wildman–Crippen MR) is 116 cm³/mol. The van der Waals surface area contributed by atoms with E-state index in [0.717, 1.165) is 19.5 Å². The lowest BCUT2D eigenvalue weighted by molar-refractivity contribution is 0.170. The number of imidazole rings is 1. The summed E-state index contributed by atoms with van der Waals surface area (Å²) in [5, 5.41) is 23.3. The van der Waals surface area contributed by atoms with Gasteiger partial charge in [-0.15, -0.1) is 0 Å². The van der Waals surface area contributed by atoms with Gasteiger partial charge in [-0.1, -0.05) is 54.7 Å². The number of aliphatic hydroxyl groups excluding tert-OH is 1. The van der Waals surface area contributed by atoms with Crippen molar-refractivity contribution in [1.82, 2.24) is 20.6 Å². The number of alkyl carbamates (subject to hydrolysis) is 1. The van der Waals surface area contributed by atoms with E-state index in [-0.39, 0.29) is 23.0 Å². The van der Waals surface area contributed by atoms with E-state index in [1.54, 1.807) is 12.1 Å². The summed E-state index contributed by atoms with van der Waals surface area (Å²) in [5.41, 5.74) is 1.17. The van der Waals surface area contributed by atoms with Crippen LogP contribution in [0.15, 0.2) is 24.3 Å². The van der Waals surface area contributed by atoms with Gasteiger partial charge in [0.25, 0.3) is 0 Å². The number of phenols is 1. The van der Waals surface area contributed by atoms with Gasteiger partial charge in [0.05, 0.1) is 19.8 Å². The van der Waals surface area contributed by atoms with Gasteiger partial charge >= 0.3 is 6.09 Å². The number of phenolic OH excluding ortho intramolecular Hbond substituents is 1. The van der Waals surface area contributed by atoms with Crippen LogP contribution in [0.3, 0.4) is 0 Å². The summed E-state index contributed by atoms with van der Waals surface area (Å²) in [7, 11) is 1.28. The van der Waals surface area contributed by atoms with Crippen LogP contribution < -0.4 is 10.6 Å². The second kappa shape index (κ2) is 15.9. The van der Waals surface area contributed by atoms with E-state index >= 15 is 0 Å². The highest BCUT2D eigenvalue weighted by Gasteiger charge is 2.08. The second-order valence-electron chi connectivity index (χ2n) is 5.62. The van der Waals surface area contributed by atoms with E-state index in [2.05, 4.69) is 25.3 Å². The quantitative estimate of drug-likeness (QED) is 0.478. The van der Waals surface area contributed by atoms with Gasteiger partial charge in [-0.05, 0) is 32.0 Å². The summed E-state index contributed by atoms with van der Waals surface area (Å²) < 4.78 is 4.35. The zero-order valence-corrected chi connectivity index (χ0v) is 18.6. The van der Waals surface area contributed by atoms with Crippen LogP contribution in [0.25, 0.3) is 0 Å². The standard InChI is InChI=1S/C7H8O.C6H7Cl2N3O2.C4H9NO.C2H6/c1-6-2-4-7(8)5-3-6;1-13-6(12)9-2-3-10-4(7)5(8)11-3;6-4-1-2-5-3-4;1-2/h2-5,8H,1H3;2H2,1H3,(H,9,12)(H,10,11);4-6H,1-3H2;1-2H3. The Kier molecular flexibility index (Phi) is 14.8. The number of ether oxygens (including phenoxy) is 1. The number of rotatable bonds is 2. The fraction of sp³-hybridized carbons (Fsp3) is 0.474. The van der Waals surface area contributed by atoms with Crippen molar-refractivity contribution in [3.05, 3.63) is 46.0 Å². The van der Waals surface area contributed by atoms with Crippen molar-refractivity contribution in [2.45, 2.75) is 39.8 Å². The fourth-order valence-corrected chi connectivity index (χ4v) is 2.17. The highest BCUT2D eigenvalue weighted by atomic mass is 35.5. The van der Waals surface area contributed by atoms with Crippen molar-refractivity contribution in [3.8, 4) is 5.75 Å². The minimum atomic E-state index is -0.538. The van der Waals surface area contributed by atoms with Crippen molar-refractivity contribution in [3.63, 3.8) is 0 Å². The number of aliphatic hydroxyl groups is 1. The number of hydrogen-bond acceptors (Lipinski definition) is 6. The van der Waals surface area contributed by atoms with Crippen molar-refractivity contribution >= 4 is 29.3 Å². The average molecular weight is 449 g/mol. The number of aromatic amines is 1. The SMILES string of the molecule is CC.COC(=O)NCc1nc(Cl)c(Cl)[nH]1.Cc1ccc(O)cc1.OC1CCNC1. The molecule has 0 aliphatic carbocycles. The Hall–Kier alpha value is -2.00. The number of nitrogens with one attached hydrogen (secondary N) is 3. The highest BCUT2D eigenvalue weighted by Crippen LogP contribution is 2.17. The zero-order valence-electron chi connectivity index (χ0n) is 17.1. The Morgan fingerprint density at radius 1 is 1.31 bits per heavy atom. The number of hydrogen-bond donors (Lipinski definition) is 5. The smallest absolute Gasteiger partial charge is 0.407 e. The number of carbonyl (C=O) groups excluding carboxylic acids is 1. The zero-order chi connectivity index (χ0) is 22.2. The first-order chi connectivity index (χ1) is 13.8. The molecule has 1 atom stereocenters. The summed E-state index contributed by atoms with van der Waals surface area (Å²) in [5.74, 6) is 0.802. The van der Waals surface area contributed by atoms with Gasteiger partial charge in [0.2, 0.25) is 0 Å². The monoisotopic (exact) mass is 448 g/mol. The number of carbonyl (C=O) groups is 1. The van der Waals surface area contributed by atoms with Crippen LogP contribution in [0.5, 0.6) is 5.75 Å². The maximum atomic E-state index is 10.6. The molecule has 1 saturated heterocycles. The van der Waals surface area contributed by atoms with Gasteiger partial charge in [0.15, 0.2) is 5.15 Å². The number of benzene rings is 1. The van der Waals surface area contributed by atoms with Crippen molar-refractivity contribution in [2.24, 2.45) is 0 Å².